The van der Waals surface area contributed by atoms with Crippen LogP contribution in [0.3, 0.4) is 0 Å². The Morgan fingerprint density at radius 3 is 2.55 bits per heavy atom. The lowest BCUT2D eigenvalue weighted by molar-refractivity contribution is 0.322. The highest BCUT2D eigenvalue weighted by Gasteiger charge is 2.22. The summed E-state index contributed by atoms with van der Waals surface area (Å²) in [5.41, 5.74) is 1.95. The van der Waals surface area contributed by atoms with Crippen molar-refractivity contribution in [2.45, 2.75) is 38.3 Å². The molecule has 1 heterocycles. The number of methoxy groups -OCH3 is 1. The van der Waals surface area contributed by atoms with Crippen LogP contribution >= 0.6 is 23.2 Å². The first-order chi connectivity index (χ1) is 15.9. The molecule has 0 atom stereocenters. The van der Waals surface area contributed by atoms with Crippen molar-refractivity contribution in [1.82, 2.24) is 15.3 Å². The third kappa shape index (κ3) is 5.81. The molecule has 2 N–H and O–H groups in total. The minimum atomic E-state index is 0.393. The van der Waals surface area contributed by atoms with Crippen LogP contribution in [0.1, 0.15) is 31.2 Å². The van der Waals surface area contributed by atoms with Crippen molar-refractivity contribution in [2.24, 2.45) is 5.92 Å². The van der Waals surface area contributed by atoms with Crippen LogP contribution < -0.4 is 20.3 Å². The maximum Gasteiger partial charge on any atom is 0.225 e. The maximum atomic E-state index is 6.25. The zero-order chi connectivity index (χ0) is 23.4. The van der Waals surface area contributed by atoms with Crippen LogP contribution in [-0.2, 0) is 6.54 Å². The summed E-state index contributed by atoms with van der Waals surface area (Å²) in [6, 6.07) is 12.2. The predicted molar refractivity (Wildman–Crippen MR) is 138 cm³/mol. The smallest absolute Gasteiger partial charge is 0.225 e. The number of ether oxygens (including phenoxy) is 1. The Balaban J connectivity index is 1.30. The van der Waals surface area contributed by atoms with Gasteiger partial charge < -0.3 is 20.3 Å². The van der Waals surface area contributed by atoms with Gasteiger partial charge in [0.25, 0.3) is 0 Å². The molecule has 2 aromatic carbocycles. The van der Waals surface area contributed by atoms with E-state index in [0.29, 0.717) is 40.2 Å². The van der Waals surface area contributed by atoms with Crippen molar-refractivity contribution in [3.05, 3.63) is 52.0 Å². The lowest BCUT2D eigenvalue weighted by Gasteiger charge is -2.29. The molecule has 0 aliphatic heterocycles. The van der Waals surface area contributed by atoms with E-state index in [-0.39, 0.29) is 0 Å². The molecule has 0 radical (unpaired) electrons. The summed E-state index contributed by atoms with van der Waals surface area (Å²) in [5, 5.41) is 9.38. The highest BCUT2D eigenvalue weighted by atomic mass is 35.5. The zero-order valence-corrected chi connectivity index (χ0v) is 20.9. The normalized spacial score (nSPS) is 18.3. The van der Waals surface area contributed by atoms with E-state index in [9.17, 15) is 0 Å². The van der Waals surface area contributed by atoms with Crippen molar-refractivity contribution >= 4 is 45.9 Å². The third-order valence-corrected chi connectivity index (χ3v) is 6.72. The summed E-state index contributed by atoms with van der Waals surface area (Å²) < 4.78 is 5.44. The van der Waals surface area contributed by atoms with Gasteiger partial charge in [0.15, 0.2) is 0 Å². The van der Waals surface area contributed by atoms with Crippen molar-refractivity contribution in [2.75, 3.05) is 38.0 Å². The molecule has 1 saturated carbocycles. The number of hydrogen-bond acceptors (Lipinski definition) is 6. The third-order valence-electron chi connectivity index (χ3n) is 6.22. The van der Waals surface area contributed by atoms with Crippen LogP contribution in [0.5, 0.6) is 5.75 Å². The number of nitrogens with one attached hydrogen (secondary N) is 2. The molecule has 3 aromatic rings. The van der Waals surface area contributed by atoms with Crippen LogP contribution in [0.4, 0.5) is 11.8 Å². The fraction of sp³-hybridized carbons (Fsp3) is 0.440. The molecule has 0 saturated heterocycles. The fourth-order valence-corrected chi connectivity index (χ4v) is 5.16. The van der Waals surface area contributed by atoms with Gasteiger partial charge in [-0.2, -0.15) is 4.98 Å². The Kier molecular flexibility index (Phi) is 7.78. The number of benzene rings is 2. The van der Waals surface area contributed by atoms with E-state index in [0.717, 1.165) is 54.5 Å². The molecule has 0 spiro atoms. The summed E-state index contributed by atoms with van der Waals surface area (Å²) in [6.45, 7) is 1.64. The van der Waals surface area contributed by atoms with Crippen molar-refractivity contribution < 1.29 is 4.74 Å². The number of hydrogen-bond donors (Lipinski definition) is 2. The number of aromatic nitrogens is 2. The van der Waals surface area contributed by atoms with Gasteiger partial charge in [0.1, 0.15) is 11.6 Å². The van der Waals surface area contributed by atoms with E-state index in [1.54, 1.807) is 13.2 Å². The molecule has 0 amide bonds. The second-order valence-corrected chi connectivity index (χ2v) is 9.70. The number of fused-ring (bicyclic) bond motifs is 1. The van der Waals surface area contributed by atoms with E-state index in [1.165, 1.54) is 0 Å². The number of nitrogens with zero attached hydrogens (tertiary/aromatic N) is 3. The van der Waals surface area contributed by atoms with Gasteiger partial charge in [-0.15, -0.1) is 0 Å². The molecule has 6 nitrogen and oxygen atoms in total. The summed E-state index contributed by atoms with van der Waals surface area (Å²) in [6.07, 6.45) is 4.52. The lowest BCUT2D eigenvalue weighted by Crippen LogP contribution is -2.31. The Morgan fingerprint density at radius 1 is 1.06 bits per heavy atom. The molecule has 0 unspecified atom stereocenters. The minimum Gasteiger partial charge on any atom is -0.495 e. The quantitative estimate of drug-likeness (QED) is 0.420. The Labute approximate surface area is 205 Å². The predicted octanol–water partition coefficient (Wildman–Crippen LogP) is 5.77. The molecule has 1 aromatic heterocycles. The second kappa shape index (κ2) is 10.8. The molecule has 0 bridgehead atoms. The van der Waals surface area contributed by atoms with Crippen molar-refractivity contribution in [3.8, 4) is 5.75 Å². The SMILES string of the molecule is COc1c(Cl)cc(Cl)cc1CNCC1CCC(Nc2nc(N(C)C)c3ccccc3n2)CC1. The topological polar surface area (TPSA) is 62.3 Å². The molecule has 1 fully saturated rings. The monoisotopic (exact) mass is 487 g/mol. The zero-order valence-electron chi connectivity index (χ0n) is 19.4. The van der Waals surface area contributed by atoms with Gasteiger partial charge in [0.2, 0.25) is 5.95 Å². The van der Waals surface area contributed by atoms with E-state index < -0.39 is 0 Å². The Bertz CT molecular complexity index is 1100. The Hall–Kier alpha value is -2.28. The number of para-hydroxylation sites is 1. The van der Waals surface area contributed by atoms with Gasteiger partial charge in [0, 0.05) is 42.7 Å². The highest BCUT2D eigenvalue weighted by molar-refractivity contribution is 6.35. The van der Waals surface area contributed by atoms with Gasteiger partial charge >= 0.3 is 0 Å². The molecule has 1 aliphatic rings. The minimum absolute atomic E-state index is 0.393. The van der Waals surface area contributed by atoms with E-state index >= 15 is 0 Å². The van der Waals surface area contributed by atoms with E-state index in [2.05, 4.69) is 16.7 Å². The maximum absolute atomic E-state index is 6.25. The van der Waals surface area contributed by atoms with Crippen molar-refractivity contribution in [1.29, 1.82) is 0 Å². The van der Waals surface area contributed by atoms with Gasteiger partial charge in [-0.1, -0.05) is 35.3 Å². The van der Waals surface area contributed by atoms with Crippen LogP contribution in [0, 0.1) is 5.92 Å². The summed E-state index contributed by atoms with van der Waals surface area (Å²) in [5.74, 6) is 2.98. The van der Waals surface area contributed by atoms with Gasteiger partial charge in [-0.25, -0.2) is 4.98 Å². The molecular weight excluding hydrogens is 457 g/mol. The Morgan fingerprint density at radius 2 is 1.82 bits per heavy atom. The average molecular weight is 488 g/mol. The lowest BCUT2D eigenvalue weighted by atomic mass is 9.86. The molecular formula is C25H31Cl2N5O. The number of halogens is 2. The molecule has 176 valence electrons. The molecule has 1 aliphatic carbocycles. The first-order valence-electron chi connectivity index (χ1n) is 11.4. The summed E-state index contributed by atoms with van der Waals surface area (Å²) >= 11 is 12.4. The van der Waals surface area contributed by atoms with Gasteiger partial charge in [-0.05, 0) is 62.4 Å². The number of anilines is 2. The van der Waals surface area contributed by atoms with Gasteiger partial charge in [0.05, 0.1) is 17.6 Å². The summed E-state index contributed by atoms with van der Waals surface area (Å²) in [7, 11) is 5.67. The largest absolute Gasteiger partial charge is 0.495 e. The molecule has 8 heteroatoms. The highest BCUT2D eigenvalue weighted by Crippen LogP contribution is 2.32. The first kappa shape index (κ1) is 23.9. The van der Waals surface area contributed by atoms with Crippen LogP contribution in [0.25, 0.3) is 10.9 Å². The van der Waals surface area contributed by atoms with E-state index in [4.69, 9.17) is 37.9 Å². The van der Waals surface area contributed by atoms with Crippen LogP contribution in [0.15, 0.2) is 36.4 Å². The van der Waals surface area contributed by atoms with Crippen LogP contribution in [-0.4, -0.2) is 43.8 Å². The number of rotatable bonds is 8. The second-order valence-electron chi connectivity index (χ2n) is 8.86. The van der Waals surface area contributed by atoms with Crippen molar-refractivity contribution in [3.63, 3.8) is 0 Å². The van der Waals surface area contributed by atoms with Crippen LogP contribution in [0.2, 0.25) is 10.0 Å². The molecule has 33 heavy (non-hydrogen) atoms. The summed E-state index contributed by atoms with van der Waals surface area (Å²) in [4.78, 5) is 11.6. The van der Waals surface area contributed by atoms with Gasteiger partial charge in [-0.3, -0.25) is 0 Å². The van der Waals surface area contributed by atoms with E-state index in [1.807, 2.05) is 43.3 Å². The fourth-order valence-electron chi connectivity index (χ4n) is 4.54. The standard InChI is InChI=1S/C25H31Cl2N5O/c1-32(2)24-20-6-4-5-7-22(20)30-25(31-24)29-19-10-8-16(9-11-19)14-28-15-17-12-18(26)13-21(27)23(17)33-3/h4-7,12-13,16,19,28H,8-11,14-15H2,1-3H3,(H,29,30,31). The average Bonchev–Trinajstić information content (AvgIpc) is 2.79. The molecule has 4 rings (SSSR count). The first-order valence-corrected chi connectivity index (χ1v) is 12.1.